The number of benzene rings is 1. The molecule has 168 valence electrons. The molecule has 0 aliphatic carbocycles. The zero-order valence-corrected chi connectivity index (χ0v) is 18.5. The number of nitrogens with one attached hydrogen (secondary N) is 1. The van der Waals surface area contributed by atoms with Crippen LogP contribution in [0, 0.1) is 0 Å². The van der Waals surface area contributed by atoms with E-state index in [1.54, 1.807) is 12.3 Å². The molecule has 9 heteroatoms. The first kappa shape index (κ1) is 24.4. The van der Waals surface area contributed by atoms with Crippen LogP contribution < -0.4 is 5.32 Å². The van der Waals surface area contributed by atoms with Crippen molar-refractivity contribution in [2.24, 2.45) is 0 Å². The first-order chi connectivity index (χ1) is 14.8. The molecule has 0 unspecified atom stereocenters. The van der Waals surface area contributed by atoms with E-state index in [2.05, 4.69) is 17.2 Å². The van der Waals surface area contributed by atoms with Gasteiger partial charge >= 0.3 is 11.9 Å². The summed E-state index contributed by atoms with van der Waals surface area (Å²) in [6, 6.07) is 3.46. The van der Waals surface area contributed by atoms with Gasteiger partial charge in [0.05, 0.1) is 12.1 Å². The van der Waals surface area contributed by atoms with E-state index < -0.39 is 18.0 Å². The van der Waals surface area contributed by atoms with Gasteiger partial charge in [0, 0.05) is 36.2 Å². The number of rotatable bonds is 12. The van der Waals surface area contributed by atoms with E-state index in [4.69, 9.17) is 16.7 Å². The maximum Gasteiger partial charge on any atom is 0.335 e. The third kappa shape index (κ3) is 6.82. The number of aryl methyl sites for hydroxylation is 1. The first-order valence-corrected chi connectivity index (χ1v) is 10.7. The number of aromatic carboxylic acids is 1. The second-order valence-corrected chi connectivity index (χ2v) is 7.79. The van der Waals surface area contributed by atoms with Crippen LogP contribution >= 0.6 is 11.6 Å². The zero-order valence-electron chi connectivity index (χ0n) is 17.7. The Hall–Kier alpha value is -2.87. The maximum atomic E-state index is 11.9. The molecule has 1 aromatic carbocycles. The van der Waals surface area contributed by atoms with Crippen LogP contribution in [-0.4, -0.2) is 43.7 Å². The van der Waals surface area contributed by atoms with Crippen molar-refractivity contribution in [3.63, 3.8) is 0 Å². The van der Waals surface area contributed by atoms with Gasteiger partial charge in [-0.25, -0.2) is 14.6 Å². The number of carbonyl (C=O) groups is 3. The lowest BCUT2D eigenvalue weighted by atomic mass is 10.1. The van der Waals surface area contributed by atoms with Crippen LogP contribution in [0.4, 0.5) is 0 Å². The number of aliphatic carboxylic acids is 1. The number of hydrogen-bond donors (Lipinski definition) is 3. The minimum atomic E-state index is -1.11. The van der Waals surface area contributed by atoms with Crippen LogP contribution in [0.1, 0.15) is 67.0 Å². The minimum Gasteiger partial charge on any atom is -0.480 e. The van der Waals surface area contributed by atoms with Gasteiger partial charge in [-0.3, -0.25) is 4.79 Å². The molecule has 0 radical (unpaired) electrons. The molecule has 1 amide bonds. The molecule has 2 aromatic rings. The predicted octanol–water partition coefficient (Wildman–Crippen LogP) is 3.54. The molecular weight excluding hydrogens is 422 g/mol. The smallest absolute Gasteiger partial charge is 0.335 e. The third-order valence-electron chi connectivity index (χ3n) is 4.93. The standard InChI is InChI=1S/C22H28ClN3O5/c1-3-5-7-19-24-12-16(11-18(22(30)31)25-20(27)6-4-2)26(19)13-15-9-8-14(21(28)29)10-17(15)23/h8-10,12,18H,3-7,11,13H2,1-2H3,(H,25,27)(H,28,29)(H,30,31)/t18-/m0/s1. The summed E-state index contributed by atoms with van der Waals surface area (Å²) in [5.74, 6) is -1.69. The maximum absolute atomic E-state index is 11.9. The summed E-state index contributed by atoms with van der Waals surface area (Å²) < 4.78 is 1.90. The molecule has 31 heavy (non-hydrogen) atoms. The van der Waals surface area contributed by atoms with E-state index in [0.29, 0.717) is 35.7 Å². The molecule has 8 nitrogen and oxygen atoms in total. The van der Waals surface area contributed by atoms with E-state index in [9.17, 15) is 19.5 Å². The lowest BCUT2D eigenvalue weighted by Gasteiger charge is -2.18. The molecule has 1 aromatic heterocycles. The second kappa shape index (κ2) is 11.5. The van der Waals surface area contributed by atoms with Crippen LogP contribution in [0.2, 0.25) is 5.02 Å². The summed E-state index contributed by atoms with van der Waals surface area (Å²) in [5.41, 5.74) is 1.45. The fourth-order valence-corrected chi connectivity index (χ4v) is 3.47. The van der Waals surface area contributed by atoms with Crippen LogP contribution in [0.5, 0.6) is 0 Å². The van der Waals surface area contributed by atoms with Gasteiger partial charge in [-0.1, -0.05) is 37.9 Å². The lowest BCUT2D eigenvalue weighted by Crippen LogP contribution is -2.42. The fraction of sp³-hybridized carbons (Fsp3) is 0.455. The number of unbranched alkanes of at least 4 members (excludes halogenated alkanes) is 1. The van der Waals surface area contributed by atoms with Crippen molar-refractivity contribution in [2.75, 3.05) is 0 Å². The van der Waals surface area contributed by atoms with Gasteiger partial charge in [-0.2, -0.15) is 0 Å². The number of hydrogen-bond acceptors (Lipinski definition) is 4. The van der Waals surface area contributed by atoms with Gasteiger partial charge in [-0.15, -0.1) is 0 Å². The van der Waals surface area contributed by atoms with Crippen molar-refractivity contribution in [1.29, 1.82) is 0 Å². The number of imidazole rings is 1. The SMILES string of the molecule is CCCCc1ncc(C[C@H](NC(=O)CCC)C(=O)O)n1Cc1ccc(C(=O)O)cc1Cl. The molecule has 0 saturated carbocycles. The Morgan fingerprint density at radius 1 is 1.19 bits per heavy atom. The van der Waals surface area contributed by atoms with Crippen molar-refractivity contribution in [1.82, 2.24) is 14.9 Å². The van der Waals surface area contributed by atoms with Gasteiger partial charge in [-0.05, 0) is 30.5 Å². The number of halogens is 1. The average Bonchev–Trinajstić information content (AvgIpc) is 3.08. The number of carbonyl (C=O) groups excluding carboxylic acids is 1. The Balaban J connectivity index is 2.34. The Morgan fingerprint density at radius 3 is 2.52 bits per heavy atom. The Bertz CT molecular complexity index is 941. The van der Waals surface area contributed by atoms with Crippen LogP contribution in [-0.2, 0) is 29.0 Å². The minimum absolute atomic E-state index is 0.0781. The summed E-state index contributed by atoms with van der Waals surface area (Å²) >= 11 is 6.31. The predicted molar refractivity (Wildman–Crippen MR) is 117 cm³/mol. The van der Waals surface area contributed by atoms with Crippen molar-refractivity contribution < 1.29 is 24.6 Å². The van der Waals surface area contributed by atoms with Crippen molar-refractivity contribution in [3.05, 3.63) is 52.1 Å². The molecule has 1 heterocycles. The van der Waals surface area contributed by atoms with E-state index in [1.165, 1.54) is 12.1 Å². The highest BCUT2D eigenvalue weighted by Crippen LogP contribution is 2.22. The molecular formula is C22H28ClN3O5. The van der Waals surface area contributed by atoms with E-state index in [1.807, 2.05) is 11.5 Å². The van der Waals surface area contributed by atoms with Crippen LogP contribution in [0.15, 0.2) is 24.4 Å². The first-order valence-electron chi connectivity index (χ1n) is 10.3. The number of aromatic nitrogens is 2. The second-order valence-electron chi connectivity index (χ2n) is 7.38. The highest BCUT2D eigenvalue weighted by molar-refractivity contribution is 6.31. The number of carboxylic acids is 2. The van der Waals surface area contributed by atoms with Crippen LogP contribution in [0.25, 0.3) is 0 Å². The van der Waals surface area contributed by atoms with Crippen molar-refractivity contribution >= 4 is 29.4 Å². The zero-order chi connectivity index (χ0) is 23.0. The summed E-state index contributed by atoms with van der Waals surface area (Å²) in [6.45, 7) is 4.24. The molecule has 0 aliphatic heterocycles. The third-order valence-corrected chi connectivity index (χ3v) is 5.28. The molecule has 0 bridgehead atoms. The summed E-state index contributed by atoms with van der Waals surface area (Å²) in [4.78, 5) is 39.3. The molecule has 0 aliphatic rings. The molecule has 0 saturated heterocycles. The Kier molecular flexibility index (Phi) is 9.05. The van der Waals surface area contributed by atoms with Crippen LogP contribution in [0.3, 0.4) is 0 Å². The summed E-state index contributed by atoms with van der Waals surface area (Å²) in [7, 11) is 0. The van der Waals surface area contributed by atoms with Crippen molar-refractivity contribution in [2.45, 2.75) is 65.0 Å². The Morgan fingerprint density at radius 2 is 1.94 bits per heavy atom. The van der Waals surface area contributed by atoms with Gasteiger partial charge in [0.1, 0.15) is 11.9 Å². The molecule has 3 N–H and O–H groups in total. The largest absolute Gasteiger partial charge is 0.480 e. The topological polar surface area (TPSA) is 122 Å². The molecule has 0 spiro atoms. The van der Waals surface area contributed by atoms with Gasteiger partial charge in [0.15, 0.2) is 0 Å². The summed E-state index contributed by atoms with van der Waals surface area (Å²) in [5, 5.41) is 21.6. The van der Waals surface area contributed by atoms with Gasteiger partial charge in [0.25, 0.3) is 0 Å². The lowest BCUT2D eigenvalue weighted by molar-refractivity contribution is -0.141. The summed E-state index contributed by atoms with van der Waals surface area (Å²) in [6.07, 6.45) is 5.19. The number of nitrogens with zero attached hydrogens (tertiary/aromatic N) is 2. The van der Waals surface area contributed by atoms with Crippen molar-refractivity contribution in [3.8, 4) is 0 Å². The quantitative estimate of drug-likeness (QED) is 0.455. The highest BCUT2D eigenvalue weighted by Gasteiger charge is 2.23. The highest BCUT2D eigenvalue weighted by atomic mass is 35.5. The Labute approximate surface area is 186 Å². The molecule has 0 fully saturated rings. The normalized spacial score (nSPS) is 11.8. The fourth-order valence-electron chi connectivity index (χ4n) is 3.23. The monoisotopic (exact) mass is 449 g/mol. The van der Waals surface area contributed by atoms with E-state index >= 15 is 0 Å². The molecule has 2 rings (SSSR count). The van der Waals surface area contributed by atoms with Gasteiger partial charge < -0.3 is 20.1 Å². The van der Waals surface area contributed by atoms with Gasteiger partial charge in [0.2, 0.25) is 5.91 Å². The number of amides is 1. The number of carboxylic acid groups (broad SMARTS) is 2. The average molecular weight is 450 g/mol. The van der Waals surface area contributed by atoms with E-state index in [0.717, 1.165) is 18.7 Å². The molecule has 1 atom stereocenters. The van der Waals surface area contributed by atoms with E-state index in [-0.39, 0.29) is 24.3 Å².